The van der Waals surface area contributed by atoms with Gasteiger partial charge in [0.05, 0.1) is 0 Å². The zero-order valence-corrected chi connectivity index (χ0v) is 15.2. The fraction of sp³-hybridized carbons (Fsp3) is 0.286. The lowest BCUT2D eigenvalue weighted by molar-refractivity contribution is -0.117. The molecule has 0 aliphatic carbocycles. The number of anilines is 1. The van der Waals surface area contributed by atoms with Crippen LogP contribution in [0.3, 0.4) is 0 Å². The molecular formula is C21H21N3O2. The van der Waals surface area contributed by atoms with E-state index in [2.05, 4.69) is 23.1 Å². The number of carbonyl (C=O) groups excluding carboxylic acids is 1. The van der Waals surface area contributed by atoms with Crippen LogP contribution in [0.1, 0.15) is 34.9 Å². The number of carbonyl (C=O) groups is 1. The van der Waals surface area contributed by atoms with Gasteiger partial charge in [0.25, 0.3) is 5.89 Å². The largest absolute Gasteiger partial charge is 0.334 e. The van der Waals surface area contributed by atoms with Crippen molar-refractivity contribution in [3.8, 4) is 11.5 Å². The summed E-state index contributed by atoms with van der Waals surface area (Å²) < 4.78 is 5.48. The molecule has 0 N–H and O–H groups in total. The first kappa shape index (κ1) is 16.5. The highest BCUT2D eigenvalue weighted by atomic mass is 16.5. The first-order valence-corrected chi connectivity index (χ1v) is 8.79. The lowest BCUT2D eigenvalue weighted by Gasteiger charge is -2.16. The van der Waals surface area contributed by atoms with Gasteiger partial charge in [-0.2, -0.15) is 4.98 Å². The number of rotatable bonds is 3. The lowest BCUT2D eigenvalue weighted by Crippen LogP contribution is -2.24. The van der Waals surface area contributed by atoms with Crippen molar-refractivity contribution in [2.24, 2.45) is 0 Å². The fourth-order valence-electron chi connectivity index (χ4n) is 3.42. The molecule has 1 aliphatic rings. The maximum Gasteiger partial charge on any atom is 0.258 e. The Morgan fingerprint density at radius 3 is 2.50 bits per heavy atom. The summed E-state index contributed by atoms with van der Waals surface area (Å²) in [4.78, 5) is 18.8. The van der Waals surface area contributed by atoms with Crippen molar-refractivity contribution in [2.45, 2.75) is 33.1 Å². The van der Waals surface area contributed by atoms with Crippen LogP contribution >= 0.6 is 0 Å². The van der Waals surface area contributed by atoms with Crippen molar-refractivity contribution >= 4 is 11.6 Å². The first-order valence-electron chi connectivity index (χ1n) is 8.79. The molecule has 1 fully saturated rings. The molecule has 132 valence electrons. The van der Waals surface area contributed by atoms with E-state index in [1.807, 2.05) is 50.2 Å². The number of hydrogen-bond donors (Lipinski definition) is 0. The molecule has 1 unspecified atom stereocenters. The molecule has 0 saturated carbocycles. The predicted molar refractivity (Wildman–Crippen MR) is 100 cm³/mol. The number of benzene rings is 2. The molecule has 1 atom stereocenters. The highest BCUT2D eigenvalue weighted by Crippen LogP contribution is 2.32. The van der Waals surface area contributed by atoms with Gasteiger partial charge in [0, 0.05) is 30.1 Å². The second kappa shape index (κ2) is 6.41. The summed E-state index contributed by atoms with van der Waals surface area (Å²) in [7, 11) is 0. The summed E-state index contributed by atoms with van der Waals surface area (Å²) in [5.74, 6) is 1.16. The van der Waals surface area contributed by atoms with Gasteiger partial charge in [0.2, 0.25) is 5.91 Å². The van der Waals surface area contributed by atoms with Gasteiger partial charge in [-0.1, -0.05) is 40.5 Å². The van der Waals surface area contributed by atoms with Gasteiger partial charge in [-0.25, -0.2) is 0 Å². The summed E-state index contributed by atoms with van der Waals surface area (Å²) in [5, 5.41) is 4.15. The number of aryl methyl sites for hydroxylation is 3. The van der Waals surface area contributed by atoms with Gasteiger partial charge >= 0.3 is 0 Å². The number of nitrogens with zero attached hydrogens (tertiary/aromatic N) is 3. The average Bonchev–Trinajstić information content (AvgIpc) is 3.23. The van der Waals surface area contributed by atoms with Crippen molar-refractivity contribution in [3.63, 3.8) is 0 Å². The number of hydrogen-bond acceptors (Lipinski definition) is 4. The van der Waals surface area contributed by atoms with Crippen LogP contribution in [-0.2, 0) is 4.79 Å². The van der Waals surface area contributed by atoms with Crippen LogP contribution < -0.4 is 4.90 Å². The van der Waals surface area contributed by atoms with Crippen LogP contribution in [-0.4, -0.2) is 22.6 Å². The van der Waals surface area contributed by atoms with Crippen LogP contribution in [0, 0.1) is 20.8 Å². The second-order valence-corrected chi connectivity index (χ2v) is 7.02. The normalized spacial score (nSPS) is 17.1. The zero-order valence-electron chi connectivity index (χ0n) is 15.2. The van der Waals surface area contributed by atoms with Gasteiger partial charge in [0.1, 0.15) is 0 Å². The quantitative estimate of drug-likeness (QED) is 0.713. The minimum Gasteiger partial charge on any atom is -0.334 e. The third-order valence-corrected chi connectivity index (χ3v) is 4.89. The summed E-state index contributed by atoms with van der Waals surface area (Å²) in [6.45, 7) is 6.70. The van der Waals surface area contributed by atoms with E-state index in [0.29, 0.717) is 24.7 Å². The Balaban J connectivity index is 1.57. The Labute approximate surface area is 152 Å². The minimum absolute atomic E-state index is 0.0490. The maximum absolute atomic E-state index is 12.5. The smallest absolute Gasteiger partial charge is 0.258 e. The van der Waals surface area contributed by atoms with Crippen molar-refractivity contribution < 1.29 is 9.32 Å². The number of aromatic nitrogens is 2. The molecule has 3 aromatic rings. The molecule has 1 aliphatic heterocycles. The molecule has 1 amide bonds. The number of amides is 1. The maximum atomic E-state index is 12.5. The lowest BCUT2D eigenvalue weighted by atomic mass is 10.1. The van der Waals surface area contributed by atoms with Crippen molar-refractivity contribution in [1.82, 2.24) is 10.1 Å². The van der Waals surface area contributed by atoms with Gasteiger partial charge < -0.3 is 9.42 Å². The molecular weight excluding hydrogens is 326 g/mol. The Morgan fingerprint density at radius 1 is 1.04 bits per heavy atom. The molecule has 0 bridgehead atoms. The van der Waals surface area contributed by atoms with E-state index in [-0.39, 0.29) is 11.8 Å². The fourth-order valence-corrected chi connectivity index (χ4v) is 3.42. The molecule has 5 heteroatoms. The average molecular weight is 347 g/mol. The Kier molecular flexibility index (Phi) is 4.07. The summed E-state index contributed by atoms with van der Waals surface area (Å²) in [6, 6.07) is 14.1. The van der Waals surface area contributed by atoms with E-state index >= 15 is 0 Å². The second-order valence-electron chi connectivity index (χ2n) is 7.02. The molecule has 4 rings (SSSR count). The molecule has 26 heavy (non-hydrogen) atoms. The van der Waals surface area contributed by atoms with Crippen molar-refractivity contribution in [2.75, 3.05) is 11.4 Å². The monoisotopic (exact) mass is 347 g/mol. The van der Waals surface area contributed by atoms with Crippen LogP contribution in [0.2, 0.25) is 0 Å². The van der Waals surface area contributed by atoms with E-state index in [9.17, 15) is 4.79 Å². The summed E-state index contributed by atoms with van der Waals surface area (Å²) in [5.41, 5.74) is 5.33. The molecule has 1 aromatic heterocycles. The van der Waals surface area contributed by atoms with Crippen LogP contribution in [0.5, 0.6) is 0 Å². The minimum atomic E-state index is -0.0490. The van der Waals surface area contributed by atoms with E-state index in [4.69, 9.17) is 4.52 Å². The van der Waals surface area contributed by atoms with Gasteiger partial charge in [-0.3, -0.25) is 4.79 Å². The molecule has 5 nitrogen and oxygen atoms in total. The third kappa shape index (κ3) is 3.01. The van der Waals surface area contributed by atoms with Gasteiger partial charge in [-0.05, 0) is 44.5 Å². The van der Waals surface area contributed by atoms with Crippen LogP contribution in [0.15, 0.2) is 47.0 Å². The molecule has 0 radical (unpaired) electrons. The van der Waals surface area contributed by atoms with E-state index in [1.165, 1.54) is 11.1 Å². The van der Waals surface area contributed by atoms with Crippen LogP contribution in [0.4, 0.5) is 5.69 Å². The zero-order chi connectivity index (χ0) is 18.3. The standard InChI is InChI=1S/C21H21N3O2/c1-13-4-7-17(8-5-13)24-12-16(11-19(24)25)20-22-21(26-23-20)18-9-6-14(2)10-15(18)3/h4-10,16H,11-12H2,1-3H3. The highest BCUT2D eigenvalue weighted by molar-refractivity contribution is 5.96. The Hall–Kier alpha value is -2.95. The molecule has 0 spiro atoms. The van der Waals surface area contributed by atoms with E-state index in [0.717, 1.165) is 16.8 Å². The summed E-state index contributed by atoms with van der Waals surface area (Å²) in [6.07, 6.45) is 0.403. The van der Waals surface area contributed by atoms with E-state index < -0.39 is 0 Å². The SMILES string of the molecule is Cc1ccc(N2CC(c3noc(-c4ccc(C)cc4C)n3)CC2=O)cc1. The molecule has 1 saturated heterocycles. The third-order valence-electron chi connectivity index (χ3n) is 4.89. The predicted octanol–water partition coefficient (Wildman–Crippen LogP) is 4.18. The van der Waals surface area contributed by atoms with Crippen LogP contribution in [0.25, 0.3) is 11.5 Å². The first-order chi connectivity index (χ1) is 12.5. The van der Waals surface area contributed by atoms with Crippen molar-refractivity contribution in [1.29, 1.82) is 0 Å². The topological polar surface area (TPSA) is 59.2 Å². The van der Waals surface area contributed by atoms with E-state index in [1.54, 1.807) is 4.90 Å². The highest BCUT2D eigenvalue weighted by Gasteiger charge is 2.34. The molecule has 2 heterocycles. The summed E-state index contributed by atoms with van der Waals surface area (Å²) >= 11 is 0. The van der Waals surface area contributed by atoms with Gasteiger partial charge in [-0.15, -0.1) is 0 Å². The Morgan fingerprint density at radius 2 is 1.77 bits per heavy atom. The van der Waals surface area contributed by atoms with Crippen molar-refractivity contribution in [3.05, 3.63) is 65.0 Å². The van der Waals surface area contributed by atoms with Gasteiger partial charge in [0.15, 0.2) is 5.82 Å². The Bertz CT molecular complexity index is 960. The molecule has 2 aromatic carbocycles.